The average molecular weight is 108 g/mol. The smallest absolute Gasteiger partial charge is 0.0745 e. The maximum absolute atomic E-state index is 8.43. The second-order valence-corrected chi connectivity index (χ2v) is 1.30. The highest BCUT2D eigenvalue weighted by molar-refractivity contribution is 4.36. The zero-order chi connectivity index (χ0) is 4.99. The van der Waals surface area contributed by atoms with Crippen molar-refractivity contribution in [1.82, 2.24) is 0 Å². The van der Waals surface area contributed by atoms with E-state index in [4.69, 9.17) is 5.11 Å². The molecule has 0 aliphatic carbocycles. The lowest BCUT2D eigenvalue weighted by atomic mass is 10.5. The van der Waals surface area contributed by atoms with E-state index in [1.54, 1.807) is 14.0 Å². The summed E-state index contributed by atoms with van der Waals surface area (Å²) in [6.07, 6.45) is -0.324. The normalized spacial score (nSPS) is 12.4. The first kappa shape index (κ1) is 9.99. The molecule has 0 aliphatic heterocycles. The van der Waals surface area contributed by atoms with Crippen molar-refractivity contribution in [3.8, 4) is 0 Å². The minimum absolute atomic E-state index is 0. The largest absolute Gasteiger partial charge is 0.412 e. The van der Waals surface area contributed by atoms with E-state index >= 15 is 0 Å². The number of ether oxygens (including phenoxy) is 1. The lowest BCUT2D eigenvalue weighted by molar-refractivity contribution is 0.0765. The minimum Gasteiger partial charge on any atom is -0.412 e. The molecule has 0 aliphatic rings. The summed E-state index contributed by atoms with van der Waals surface area (Å²) in [5, 5.41) is 8.43. The predicted octanol–water partition coefficient (Wildman–Crippen LogP) is -0.811. The summed E-state index contributed by atoms with van der Waals surface area (Å²) in [7, 11) is 1.56. The van der Waals surface area contributed by atoms with Gasteiger partial charge in [0.1, 0.15) is 0 Å². The summed E-state index contributed by atoms with van der Waals surface area (Å²) in [5.41, 5.74) is 0. The van der Waals surface area contributed by atoms with Crippen LogP contribution in [0.3, 0.4) is 0 Å². The summed E-state index contributed by atoms with van der Waals surface area (Å²) in [6.45, 7) is 2.11. The zero-order valence-corrected chi connectivity index (χ0v) is 4.64. The molecule has 0 rings (SSSR count). The maximum Gasteiger partial charge on any atom is 0.0745 e. The van der Waals surface area contributed by atoms with Crippen molar-refractivity contribution < 1.29 is 15.3 Å². The summed E-state index contributed by atoms with van der Waals surface area (Å²) < 4.78 is 4.55. The van der Waals surface area contributed by atoms with Crippen LogP contribution in [-0.4, -0.2) is 30.4 Å². The molecule has 0 saturated carbocycles. The molecule has 7 heavy (non-hydrogen) atoms. The molecule has 0 aromatic heterocycles. The molecule has 0 spiro atoms. The number of hydrogen-bond donors (Lipinski definition) is 1. The third-order valence-corrected chi connectivity index (χ3v) is 0.408. The van der Waals surface area contributed by atoms with Gasteiger partial charge in [-0.25, -0.2) is 0 Å². The van der Waals surface area contributed by atoms with E-state index in [1.165, 1.54) is 0 Å². The first-order valence-corrected chi connectivity index (χ1v) is 1.94. The molecular formula is C4H12O3. The van der Waals surface area contributed by atoms with Crippen LogP contribution in [0.5, 0.6) is 0 Å². The van der Waals surface area contributed by atoms with Crippen molar-refractivity contribution in [2.75, 3.05) is 13.7 Å². The molecule has 3 heteroatoms. The van der Waals surface area contributed by atoms with Crippen LogP contribution in [-0.2, 0) is 4.74 Å². The van der Waals surface area contributed by atoms with Crippen LogP contribution in [0, 0.1) is 0 Å². The topological polar surface area (TPSA) is 61.0 Å². The van der Waals surface area contributed by atoms with Gasteiger partial charge in [-0.1, -0.05) is 0 Å². The van der Waals surface area contributed by atoms with E-state index in [9.17, 15) is 0 Å². The Morgan fingerprint density at radius 3 is 2.14 bits per heavy atom. The van der Waals surface area contributed by atoms with Gasteiger partial charge in [-0.3, -0.25) is 0 Å². The third-order valence-electron chi connectivity index (χ3n) is 0.408. The summed E-state index contributed by atoms with van der Waals surface area (Å²) >= 11 is 0. The molecule has 0 heterocycles. The maximum atomic E-state index is 8.43. The Morgan fingerprint density at radius 1 is 1.71 bits per heavy atom. The molecule has 46 valence electrons. The van der Waals surface area contributed by atoms with Gasteiger partial charge in [0, 0.05) is 7.11 Å². The van der Waals surface area contributed by atoms with Crippen LogP contribution in [0.2, 0.25) is 0 Å². The lowest BCUT2D eigenvalue weighted by Gasteiger charge is -1.97. The van der Waals surface area contributed by atoms with E-state index in [2.05, 4.69) is 4.74 Å². The van der Waals surface area contributed by atoms with Gasteiger partial charge in [-0.15, -0.1) is 0 Å². The number of rotatable bonds is 2. The molecule has 3 nitrogen and oxygen atoms in total. The number of aliphatic hydroxyl groups is 1. The first-order chi connectivity index (χ1) is 2.77. The van der Waals surface area contributed by atoms with Crippen LogP contribution in [0.4, 0.5) is 0 Å². The highest BCUT2D eigenvalue weighted by Crippen LogP contribution is 1.75. The molecule has 0 aromatic rings. The lowest BCUT2D eigenvalue weighted by Crippen LogP contribution is -2.07. The molecule has 0 saturated heterocycles. The van der Waals surface area contributed by atoms with Crippen molar-refractivity contribution in [3.05, 3.63) is 0 Å². The fraction of sp³-hybridized carbons (Fsp3) is 1.00. The van der Waals surface area contributed by atoms with Gasteiger partial charge in [0.2, 0.25) is 0 Å². The molecule has 0 aromatic carbocycles. The number of methoxy groups -OCH3 is 1. The molecule has 1 atom stereocenters. The van der Waals surface area contributed by atoms with E-state index in [0.29, 0.717) is 6.61 Å². The first-order valence-electron chi connectivity index (χ1n) is 1.94. The Balaban J connectivity index is 0. The fourth-order valence-corrected chi connectivity index (χ4v) is 0.241. The summed E-state index contributed by atoms with van der Waals surface area (Å²) in [6, 6.07) is 0. The van der Waals surface area contributed by atoms with Gasteiger partial charge in [0.25, 0.3) is 0 Å². The van der Waals surface area contributed by atoms with Crippen molar-refractivity contribution in [1.29, 1.82) is 0 Å². The second kappa shape index (κ2) is 5.88. The number of aliphatic hydroxyl groups excluding tert-OH is 1. The Hall–Kier alpha value is -0.120. The van der Waals surface area contributed by atoms with E-state index in [0.717, 1.165) is 0 Å². The summed E-state index contributed by atoms with van der Waals surface area (Å²) in [4.78, 5) is 0. The molecule has 3 N–H and O–H groups in total. The van der Waals surface area contributed by atoms with Gasteiger partial charge in [-0.2, -0.15) is 0 Å². The van der Waals surface area contributed by atoms with Gasteiger partial charge in [-0.05, 0) is 6.92 Å². The van der Waals surface area contributed by atoms with Gasteiger partial charge >= 0.3 is 0 Å². The predicted molar refractivity (Wildman–Crippen MR) is 27.2 cm³/mol. The van der Waals surface area contributed by atoms with Crippen LogP contribution in [0.15, 0.2) is 0 Å². The monoisotopic (exact) mass is 108 g/mol. The van der Waals surface area contributed by atoms with E-state index in [1.807, 2.05) is 0 Å². The van der Waals surface area contributed by atoms with Crippen molar-refractivity contribution in [2.24, 2.45) is 0 Å². The quantitative estimate of drug-likeness (QED) is 0.502. The van der Waals surface area contributed by atoms with Crippen LogP contribution >= 0.6 is 0 Å². The highest BCUT2D eigenvalue weighted by atomic mass is 16.5. The van der Waals surface area contributed by atoms with Crippen LogP contribution in [0.25, 0.3) is 0 Å². The van der Waals surface area contributed by atoms with Crippen molar-refractivity contribution in [3.63, 3.8) is 0 Å². The molecular weight excluding hydrogens is 96.0 g/mol. The van der Waals surface area contributed by atoms with Gasteiger partial charge in [0.15, 0.2) is 0 Å². The van der Waals surface area contributed by atoms with Crippen LogP contribution < -0.4 is 0 Å². The van der Waals surface area contributed by atoms with Crippen molar-refractivity contribution >= 4 is 0 Å². The Morgan fingerprint density at radius 2 is 2.14 bits per heavy atom. The standard InChI is InChI=1S/C4H10O2.H2O/c1-4(5)3-6-2;/h4-5H,3H2,1-2H3;1H2. The van der Waals surface area contributed by atoms with Gasteiger partial charge in [0.05, 0.1) is 12.7 Å². The van der Waals surface area contributed by atoms with Crippen molar-refractivity contribution in [2.45, 2.75) is 13.0 Å². The molecule has 0 amide bonds. The van der Waals surface area contributed by atoms with E-state index < -0.39 is 0 Å². The number of hydrogen-bond acceptors (Lipinski definition) is 2. The average Bonchev–Trinajstić information content (AvgIpc) is 1.35. The van der Waals surface area contributed by atoms with Gasteiger partial charge < -0.3 is 15.3 Å². The third kappa shape index (κ3) is 10.7. The Labute approximate surface area is 43.2 Å². The Kier molecular flexibility index (Phi) is 8.39. The molecule has 0 bridgehead atoms. The molecule has 1 unspecified atom stereocenters. The van der Waals surface area contributed by atoms with Crippen LogP contribution in [0.1, 0.15) is 6.92 Å². The zero-order valence-electron chi connectivity index (χ0n) is 4.64. The summed E-state index contributed by atoms with van der Waals surface area (Å²) in [5.74, 6) is 0. The minimum atomic E-state index is -0.324. The highest BCUT2D eigenvalue weighted by Gasteiger charge is 1.87. The SMILES string of the molecule is COCC(C)O.O. The molecule has 0 radical (unpaired) electrons. The Bertz CT molecular complexity index is 28.1. The molecule has 0 fully saturated rings. The fourth-order valence-electron chi connectivity index (χ4n) is 0.241. The second-order valence-electron chi connectivity index (χ2n) is 1.30. The van der Waals surface area contributed by atoms with E-state index in [-0.39, 0.29) is 11.6 Å².